The van der Waals surface area contributed by atoms with Crippen LogP contribution in [0.15, 0.2) is 24.3 Å². The Hall–Kier alpha value is -2.81. The maximum atomic E-state index is 13.1. The number of ketones is 1. The standard InChI is InChI=1S/C23H31NO8/c1-13(2)11-31-21(26)19-17(25)10-23(5,28)20(22(27)32-12-14(3)4)18(19)15-6-8-16(9-7-15)24(29)30/h6-9,13-14,18-20,28H,10-12H2,1-5H3/t18-,19+,20-,23+/m1/s1. The average Bonchev–Trinajstić information content (AvgIpc) is 2.69. The van der Waals surface area contributed by atoms with Gasteiger partial charge in [0.2, 0.25) is 0 Å². The number of ether oxygens (including phenoxy) is 2. The lowest BCUT2D eigenvalue weighted by Crippen LogP contribution is -2.55. The van der Waals surface area contributed by atoms with E-state index < -0.39 is 52.4 Å². The van der Waals surface area contributed by atoms with E-state index in [1.807, 2.05) is 27.7 Å². The molecule has 1 aliphatic rings. The quantitative estimate of drug-likeness (QED) is 0.277. The van der Waals surface area contributed by atoms with Gasteiger partial charge < -0.3 is 14.6 Å². The summed E-state index contributed by atoms with van der Waals surface area (Å²) in [6.07, 6.45) is -0.417. The highest BCUT2D eigenvalue weighted by Gasteiger charge is 2.57. The topological polar surface area (TPSA) is 133 Å². The number of nitro groups is 1. The Morgan fingerprint density at radius 3 is 2.06 bits per heavy atom. The van der Waals surface area contributed by atoms with Crippen molar-refractivity contribution < 1.29 is 33.9 Å². The molecule has 1 aromatic carbocycles. The molecule has 9 heteroatoms. The number of rotatable bonds is 8. The molecule has 176 valence electrons. The van der Waals surface area contributed by atoms with E-state index >= 15 is 0 Å². The normalized spacial score (nSPS) is 25.6. The van der Waals surface area contributed by atoms with Crippen molar-refractivity contribution in [2.45, 2.75) is 52.6 Å². The van der Waals surface area contributed by atoms with Crippen LogP contribution in [0.4, 0.5) is 5.69 Å². The first-order valence-electron chi connectivity index (χ1n) is 10.7. The molecular formula is C23H31NO8. The fourth-order valence-electron chi connectivity index (χ4n) is 3.91. The van der Waals surface area contributed by atoms with Gasteiger partial charge in [-0.3, -0.25) is 24.5 Å². The lowest BCUT2D eigenvalue weighted by atomic mass is 9.61. The highest BCUT2D eigenvalue weighted by molar-refractivity contribution is 6.02. The first-order chi connectivity index (χ1) is 14.8. The highest BCUT2D eigenvalue weighted by atomic mass is 16.6. The molecule has 1 fully saturated rings. The molecule has 4 atom stereocenters. The lowest BCUT2D eigenvalue weighted by Gasteiger charge is -2.43. The number of esters is 2. The fourth-order valence-corrected chi connectivity index (χ4v) is 3.91. The van der Waals surface area contributed by atoms with Crippen LogP contribution in [-0.2, 0) is 23.9 Å². The number of carbonyl (C=O) groups excluding carboxylic acids is 3. The number of aliphatic hydroxyl groups is 1. The van der Waals surface area contributed by atoms with Crippen molar-refractivity contribution in [3.8, 4) is 0 Å². The molecule has 0 saturated heterocycles. The summed E-state index contributed by atoms with van der Waals surface area (Å²) in [7, 11) is 0. The summed E-state index contributed by atoms with van der Waals surface area (Å²) >= 11 is 0. The zero-order valence-corrected chi connectivity index (χ0v) is 19.1. The molecule has 0 amide bonds. The minimum atomic E-state index is -1.77. The van der Waals surface area contributed by atoms with Gasteiger partial charge in [0.1, 0.15) is 5.92 Å². The number of benzene rings is 1. The second-order valence-corrected chi connectivity index (χ2v) is 9.38. The summed E-state index contributed by atoms with van der Waals surface area (Å²) in [5, 5.41) is 22.1. The summed E-state index contributed by atoms with van der Waals surface area (Å²) in [6, 6.07) is 5.25. The Morgan fingerprint density at radius 2 is 1.59 bits per heavy atom. The van der Waals surface area contributed by atoms with Gasteiger partial charge >= 0.3 is 11.9 Å². The number of hydrogen-bond donors (Lipinski definition) is 1. The van der Waals surface area contributed by atoms with E-state index in [0.29, 0.717) is 5.56 Å². The molecule has 0 unspecified atom stereocenters. The van der Waals surface area contributed by atoms with Crippen LogP contribution in [0, 0.1) is 33.8 Å². The number of carbonyl (C=O) groups is 3. The summed E-state index contributed by atoms with van der Waals surface area (Å²) in [5.41, 5.74) is -1.62. The predicted molar refractivity (Wildman–Crippen MR) is 115 cm³/mol. The second-order valence-electron chi connectivity index (χ2n) is 9.38. The molecule has 1 saturated carbocycles. The molecule has 1 aliphatic carbocycles. The van der Waals surface area contributed by atoms with Crippen LogP contribution in [0.25, 0.3) is 0 Å². The van der Waals surface area contributed by atoms with Gasteiger partial charge in [0.15, 0.2) is 5.78 Å². The molecule has 9 nitrogen and oxygen atoms in total. The third-order valence-corrected chi connectivity index (χ3v) is 5.38. The van der Waals surface area contributed by atoms with Crippen molar-refractivity contribution in [3.63, 3.8) is 0 Å². The van der Waals surface area contributed by atoms with E-state index in [2.05, 4.69) is 0 Å². The molecule has 0 spiro atoms. The Morgan fingerprint density at radius 1 is 1.09 bits per heavy atom. The Balaban J connectivity index is 2.55. The second kappa shape index (κ2) is 10.2. The third-order valence-electron chi connectivity index (χ3n) is 5.38. The van der Waals surface area contributed by atoms with Crippen LogP contribution in [0.1, 0.15) is 52.5 Å². The molecule has 0 heterocycles. The fraction of sp³-hybridized carbons (Fsp3) is 0.609. The maximum absolute atomic E-state index is 13.1. The zero-order chi connectivity index (χ0) is 24.2. The Kier molecular flexibility index (Phi) is 8.12. The summed E-state index contributed by atoms with van der Waals surface area (Å²) < 4.78 is 10.7. The smallest absolute Gasteiger partial charge is 0.317 e. The van der Waals surface area contributed by atoms with Gasteiger partial charge in [-0.2, -0.15) is 0 Å². The summed E-state index contributed by atoms with van der Waals surface area (Å²) in [6.45, 7) is 8.97. The van der Waals surface area contributed by atoms with E-state index in [0.717, 1.165) is 0 Å². The van der Waals surface area contributed by atoms with Crippen LogP contribution in [0.2, 0.25) is 0 Å². The monoisotopic (exact) mass is 449 g/mol. The molecule has 1 N–H and O–H groups in total. The molecule has 32 heavy (non-hydrogen) atoms. The first-order valence-corrected chi connectivity index (χ1v) is 10.7. The van der Waals surface area contributed by atoms with Crippen molar-refractivity contribution in [2.75, 3.05) is 13.2 Å². The van der Waals surface area contributed by atoms with Gasteiger partial charge in [-0.1, -0.05) is 39.8 Å². The number of nitro benzene ring substituents is 1. The number of non-ortho nitro benzene ring substituents is 1. The van der Waals surface area contributed by atoms with Gasteiger partial charge in [0.25, 0.3) is 5.69 Å². The van der Waals surface area contributed by atoms with E-state index in [-0.39, 0.29) is 30.7 Å². The van der Waals surface area contributed by atoms with Crippen LogP contribution < -0.4 is 0 Å². The molecule has 1 aromatic rings. The van der Waals surface area contributed by atoms with Gasteiger partial charge in [-0.25, -0.2) is 0 Å². The third kappa shape index (κ3) is 5.91. The SMILES string of the molecule is CC(C)COC(=O)[C@H]1C(=O)C[C@](C)(O)[C@@H](C(=O)OCC(C)C)[C@@H]1c1ccc([N+](=O)[O-])cc1. The molecular weight excluding hydrogens is 418 g/mol. The van der Waals surface area contributed by atoms with Gasteiger partial charge in [0, 0.05) is 24.5 Å². The first kappa shape index (κ1) is 25.5. The minimum Gasteiger partial charge on any atom is -0.465 e. The number of hydrogen-bond acceptors (Lipinski definition) is 8. The van der Waals surface area contributed by atoms with Gasteiger partial charge in [-0.15, -0.1) is 0 Å². The minimum absolute atomic E-state index is 0.0328. The number of nitrogens with zero attached hydrogens (tertiary/aromatic N) is 1. The lowest BCUT2D eigenvalue weighted by molar-refractivity contribution is -0.384. The predicted octanol–water partition coefficient (Wildman–Crippen LogP) is 3.03. The van der Waals surface area contributed by atoms with Crippen LogP contribution in [-0.4, -0.2) is 46.6 Å². The molecule has 0 bridgehead atoms. The van der Waals surface area contributed by atoms with Crippen LogP contribution >= 0.6 is 0 Å². The molecule has 2 rings (SSSR count). The molecule has 0 aromatic heterocycles. The molecule has 0 radical (unpaired) electrons. The number of Topliss-reactive ketones (excluding diaryl/α,β-unsaturated/α-hetero) is 1. The van der Waals surface area contributed by atoms with Crippen LogP contribution in [0.3, 0.4) is 0 Å². The van der Waals surface area contributed by atoms with E-state index in [9.17, 15) is 29.6 Å². The van der Waals surface area contributed by atoms with Crippen molar-refractivity contribution in [1.82, 2.24) is 0 Å². The largest absolute Gasteiger partial charge is 0.465 e. The van der Waals surface area contributed by atoms with E-state index in [1.165, 1.54) is 31.2 Å². The van der Waals surface area contributed by atoms with Crippen molar-refractivity contribution in [1.29, 1.82) is 0 Å². The highest BCUT2D eigenvalue weighted by Crippen LogP contribution is 2.47. The van der Waals surface area contributed by atoms with Crippen molar-refractivity contribution in [3.05, 3.63) is 39.9 Å². The Labute approximate surface area is 187 Å². The van der Waals surface area contributed by atoms with Gasteiger partial charge in [0.05, 0.1) is 29.7 Å². The van der Waals surface area contributed by atoms with E-state index in [4.69, 9.17) is 9.47 Å². The summed E-state index contributed by atoms with van der Waals surface area (Å²) in [4.78, 5) is 49.4. The average molecular weight is 450 g/mol. The Bertz CT molecular complexity index is 859. The van der Waals surface area contributed by atoms with E-state index in [1.54, 1.807) is 0 Å². The van der Waals surface area contributed by atoms with Crippen molar-refractivity contribution >= 4 is 23.4 Å². The van der Waals surface area contributed by atoms with Gasteiger partial charge in [-0.05, 0) is 24.3 Å². The van der Waals surface area contributed by atoms with Crippen molar-refractivity contribution in [2.24, 2.45) is 23.7 Å². The maximum Gasteiger partial charge on any atom is 0.317 e. The zero-order valence-electron chi connectivity index (χ0n) is 19.1. The molecule has 0 aliphatic heterocycles. The summed E-state index contributed by atoms with van der Waals surface area (Å²) in [5.74, 6) is -5.68. The van der Waals surface area contributed by atoms with Crippen LogP contribution in [0.5, 0.6) is 0 Å².